The highest BCUT2D eigenvalue weighted by atomic mass is 15.2. The summed E-state index contributed by atoms with van der Waals surface area (Å²) in [6.45, 7) is 9.91. The molecule has 4 nitrogen and oxygen atoms in total. The van der Waals surface area contributed by atoms with E-state index in [0.717, 1.165) is 25.3 Å². The number of rotatable bonds is 3. The van der Waals surface area contributed by atoms with Crippen LogP contribution in [-0.2, 0) is 6.54 Å². The molecule has 1 N–H and O–H groups in total. The molecule has 0 bridgehead atoms. The highest BCUT2D eigenvalue weighted by Gasteiger charge is 2.27. The van der Waals surface area contributed by atoms with Crippen LogP contribution < -0.4 is 5.32 Å². The van der Waals surface area contributed by atoms with Gasteiger partial charge in [-0.3, -0.25) is 4.90 Å². The van der Waals surface area contributed by atoms with Crippen LogP contribution in [0.4, 0.5) is 0 Å². The SMILES string of the molecule is CC1CN(Cc2ccncn2)C(C(C)C)CN1. The second kappa shape index (κ2) is 5.56. The first kappa shape index (κ1) is 12.5. The molecular weight excluding hydrogens is 212 g/mol. The van der Waals surface area contributed by atoms with Gasteiger partial charge in [-0.15, -0.1) is 0 Å². The van der Waals surface area contributed by atoms with Crippen LogP contribution in [0.3, 0.4) is 0 Å². The minimum atomic E-state index is 0.562. The van der Waals surface area contributed by atoms with E-state index < -0.39 is 0 Å². The summed E-state index contributed by atoms with van der Waals surface area (Å²) in [6, 6.07) is 3.16. The van der Waals surface area contributed by atoms with Crippen molar-refractivity contribution in [1.29, 1.82) is 0 Å². The third-order valence-electron chi connectivity index (χ3n) is 3.43. The molecule has 0 spiro atoms. The lowest BCUT2D eigenvalue weighted by Gasteiger charge is -2.41. The molecule has 1 aliphatic heterocycles. The molecule has 2 unspecified atom stereocenters. The summed E-state index contributed by atoms with van der Waals surface area (Å²) in [4.78, 5) is 10.8. The van der Waals surface area contributed by atoms with E-state index in [-0.39, 0.29) is 0 Å². The Morgan fingerprint density at radius 3 is 3.00 bits per heavy atom. The average Bonchev–Trinajstić information content (AvgIpc) is 2.30. The zero-order valence-corrected chi connectivity index (χ0v) is 10.9. The van der Waals surface area contributed by atoms with Crippen LogP contribution in [0.2, 0.25) is 0 Å². The topological polar surface area (TPSA) is 41.1 Å². The van der Waals surface area contributed by atoms with Crippen molar-refractivity contribution in [2.24, 2.45) is 5.92 Å². The highest BCUT2D eigenvalue weighted by molar-refractivity contribution is 4.99. The number of aromatic nitrogens is 2. The molecule has 0 saturated carbocycles. The lowest BCUT2D eigenvalue weighted by Crippen LogP contribution is -2.56. The molecule has 1 aromatic rings. The van der Waals surface area contributed by atoms with E-state index in [9.17, 15) is 0 Å². The summed E-state index contributed by atoms with van der Waals surface area (Å²) in [5.74, 6) is 0.664. The summed E-state index contributed by atoms with van der Waals surface area (Å²) in [7, 11) is 0. The van der Waals surface area contributed by atoms with Crippen LogP contribution in [0, 0.1) is 5.92 Å². The summed E-state index contributed by atoms with van der Waals surface area (Å²) < 4.78 is 0. The zero-order valence-electron chi connectivity index (χ0n) is 10.9. The van der Waals surface area contributed by atoms with Crippen molar-refractivity contribution in [1.82, 2.24) is 20.2 Å². The fourth-order valence-corrected chi connectivity index (χ4v) is 2.46. The normalized spacial score (nSPS) is 26.4. The maximum absolute atomic E-state index is 4.32. The predicted molar refractivity (Wildman–Crippen MR) is 68.5 cm³/mol. The van der Waals surface area contributed by atoms with Gasteiger partial charge in [-0.05, 0) is 18.9 Å². The number of hydrogen-bond donors (Lipinski definition) is 1. The molecule has 4 heteroatoms. The van der Waals surface area contributed by atoms with Crippen LogP contribution in [0.1, 0.15) is 26.5 Å². The van der Waals surface area contributed by atoms with Gasteiger partial charge in [-0.2, -0.15) is 0 Å². The van der Waals surface area contributed by atoms with E-state index in [1.165, 1.54) is 0 Å². The highest BCUT2D eigenvalue weighted by Crippen LogP contribution is 2.17. The van der Waals surface area contributed by atoms with Crippen molar-refractivity contribution in [3.8, 4) is 0 Å². The summed E-state index contributed by atoms with van der Waals surface area (Å²) >= 11 is 0. The third kappa shape index (κ3) is 3.23. The van der Waals surface area contributed by atoms with Crippen molar-refractivity contribution in [3.63, 3.8) is 0 Å². The molecule has 0 radical (unpaired) electrons. The standard InChI is InChI=1S/C13H22N4/c1-10(2)13-6-15-11(3)7-17(13)8-12-4-5-14-9-16-12/h4-5,9-11,13,15H,6-8H2,1-3H3. The Kier molecular flexibility index (Phi) is 4.07. The van der Waals surface area contributed by atoms with Crippen LogP contribution in [0.5, 0.6) is 0 Å². The minimum Gasteiger partial charge on any atom is -0.311 e. The molecule has 0 aromatic carbocycles. The van der Waals surface area contributed by atoms with E-state index >= 15 is 0 Å². The quantitative estimate of drug-likeness (QED) is 0.856. The van der Waals surface area contributed by atoms with E-state index in [1.54, 1.807) is 6.33 Å². The average molecular weight is 234 g/mol. The molecule has 0 aliphatic carbocycles. The first-order valence-corrected chi connectivity index (χ1v) is 6.39. The Balaban J connectivity index is 2.05. The van der Waals surface area contributed by atoms with Gasteiger partial charge in [0, 0.05) is 37.9 Å². The first-order chi connectivity index (χ1) is 8.16. The van der Waals surface area contributed by atoms with E-state index in [2.05, 4.69) is 41.0 Å². The van der Waals surface area contributed by atoms with Crippen molar-refractivity contribution < 1.29 is 0 Å². The lowest BCUT2D eigenvalue weighted by molar-refractivity contribution is 0.0943. The Hall–Kier alpha value is -1.00. The maximum atomic E-state index is 4.32. The van der Waals surface area contributed by atoms with Gasteiger partial charge in [0.2, 0.25) is 0 Å². The van der Waals surface area contributed by atoms with E-state index in [1.807, 2.05) is 12.3 Å². The van der Waals surface area contributed by atoms with Gasteiger partial charge < -0.3 is 5.32 Å². The molecule has 2 heterocycles. The van der Waals surface area contributed by atoms with Gasteiger partial charge in [-0.1, -0.05) is 13.8 Å². The number of piperazine rings is 1. The Morgan fingerprint density at radius 2 is 2.35 bits per heavy atom. The zero-order chi connectivity index (χ0) is 12.3. The van der Waals surface area contributed by atoms with Crippen LogP contribution in [0.15, 0.2) is 18.6 Å². The number of hydrogen-bond acceptors (Lipinski definition) is 4. The maximum Gasteiger partial charge on any atom is 0.115 e. The summed E-state index contributed by atoms with van der Waals surface area (Å²) in [5, 5.41) is 3.55. The molecule has 1 aromatic heterocycles. The Morgan fingerprint density at radius 1 is 1.53 bits per heavy atom. The molecule has 94 valence electrons. The fraction of sp³-hybridized carbons (Fsp3) is 0.692. The van der Waals surface area contributed by atoms with Crippen LogP contribution in [0.25, 0.3) is 0 Å². The van der Waals surface area contributed by atoms with E-state index in [4.69, 9.17) is 0 Å². The second-order valence-corrected chi connectivity index (χ2v) is 5.25. The monoisotopic (exact) mass is 234 g/mol. The molecule has 0 amide bonds. The number of nitrogens with zero attached hydrogens (tertiary/aromatic N) is 3. The molecule has 1 saturated heterocycles. The molecule has 1 aliphatic rings. The van der Waals surface area contributed by atoms with Crippen molar-refractivity contribution in [2.75, 3.05) is 13.1 Å². The van der Waals surface area contributed by atoms with Crippen LogP contribution >= 0.6 is 0 Å². The van der Waals surface area contributed by atoms with Crippen molar-refractivity contribution >= 4 is 0 Å². The molecule has 1 fully saturated rings. The Bertz CT molecular complexity index is 339. The van der Waals surface area contributed by atoms with Gasteiger partial charge in [0.05, 0.1) is 5.69 Å². The van der Waals surface area contributed by atoms with Gasteiger partial charge in [0.25, 0.3) is 0 Å². The van der Waals surface area contributed by atoms with Gasteiger partial charge in [-0.25, -0.2) is 9.97 Å². The molecule has 17 heavy (non-hydrogen) atoms. The Labute approximate surface area is 103 Å². The lowest BCUT2D eigenvalue weighted by atomic mass is 9.98. The fourth-order valence-electron chi connectivity index (χ4n) is 2.46. The van der Waals surface area contributed by atoms with Gasteiger partial charge in [0.15, 0.2) is 0 Å². The van der Waals surface area contributed by atoms with Gasteiger partial charge in [0.1, 0.15) is 6.33 Å². The second-order valence-electron chi connectivity index (χ2n) is 5.25. The van der Waals surface area contributed by atoms with Crippen molar-refractivity contribution in [2.45, 2.75) is 39.4 Å². The van der Waals surface area contributed by atoms with Gasteiger partial charge >= 0.3 is 0 Å². The number of nitrogens with one attached hydrogen (secondary N) is 1. The van der Waals surface area contributed by atoms with Crippen LogP contribution in [-0.4, -0.2) is 40.0 Å². The summed E-state index contributed by atoms with van der Waals surface area (Å²) in [5.41, 5.74) is 1.11. The van der Waals surface area contributed by atoms with E-state index in [0.29, 0.717) is 18.0 Å². The largest absolute Gasteiger partial charge is 0.311 e. The molecule has 2 atom stereocenters. The van der Waals surface area contributed by atoms with Crippen molar-refractivity contribution in [3.05, 3.63) is 24.3 Å². The summed E-state index contributed by atoms with van der Waals surface area (Å²) in [6.07, 6.45) is 3.45. The smallest absolute Gasteiger partial charge is 0.115 e. The predicted octanol–water partition coefficient (Wildman–Crippen LogP) is 1.29. The minimum absolute atomic E-state index is 0.562. The third-order valence-corrected chi connectivity index (χ3v) is 3.43. The molecular formula is C13H22N4. The molecule has 2 rings (SSSR count). The first-order valence-electron chi connectivity index (χ1n) is 6.39.